The normalized spacial score (nSPS) is 14.8. The van der Waals surface area contributed by atoms with Crippen LogP contribution < -0.4 is 0 Å². The van der Waals surface area contributed by atoms with Crippen molar-refractivity contribution in [3.05, 3.63) is 12.2 Å². The molecule has 0 amide bonds. The summed E-state index contributed by atoms with van der Waals surface area (Å²) >= 11 is 2.05. The Morgan fingerprint density at radius 3 is 2.00 bits per heavy atom. The first-order valence-corrected chi connectivity index (χ1v) is 11.8. The number of thioether (sulfide) groups is 1. The minimum atomic E-state index is -1.14. The molecule has 0 aliphatic carbocycles. The lowest BCUT2D eigenvalue weighted by atomic mass is 9.87. The quantitative estimate of drug-likeness (QED) is 0.210. The van der Waals surface area contributed by atoms with Gasteiger partial charge >= 0.3 is 11.9 Å². The maximum absolute atomic E-state index is 11.5. The molecular formula is C22H40O5S. The van der Waals surface area contributed by atoms with E-state index in [9.17, 15) is 19.8 Å². The number of unbranched alkanes of at least 4 members (excludes halogenated alkanes) is 8. The number of carboxylic acids is 2. The van der Waals surface area contributed by atoms with Gasteiger partial charge in [0, 0.05) is 7.11 Å². The van der Waals surface area contributed by atoms with Gasteiger partial charge in [0.15, 0.2) is 0 Å². The van der Waals surface area contributed by atoms with E-state index in [1.165, 1.54) is 69.6 Å². The molecule has 3 atom stereocenters. The van der Waals surface area contributed by atoms with Crippen LogP contribution in [0.4, 0.5) is 0 Å². The molecule has 6 heteroatoms. The number of aliphatic carboxylic acids is 2. The summed E-state index contributed by atoms with van der Waals surface area (Å²) in [5, 5.41) is 18.7. The van der Waals surface area contributed by atoms with Crippen molar-refractivity contribution in [2.75, 3.05) is 18.6 Å². The van der Waals surface area contributed by atoms with Gasteiger partial charge in [-0.1, -0.05) is 57.6 Å². The first kappa shape index (κ1) is 27.0. The summed E-state index contributed by atoms with van der Waals surface area (Å²) in [4.78, 5) is 22.9. The van der Waals surface area contributed by atoms with Crippen LogP contribution in [0.1, 0.15) is 78.1 Å². The Morgan fingerprint density at radius 1 is 0.929 bits per heavy atom. The number of hydrogen-bond acceptors (Lipinski definition) is 4. The molecule has 2 N–H and O–H groups in total. The van der Waals surface area contributed by atoms with Gasteiger partial charge in [-0.2, -0.15) is 11.8 Å². The first-order chi connectivity index (χ1) is 13.5. The minimum absolute atomic E-state index is 0.660. The van der Waals surface area contributed by atoms with Crippen molar-refractivity contribution in [1.82, 2.24) is 0 Å². The second-order valence-corrected chi connectivity index (χ2v) is 8.55. The van der Waals surface area contributed by atoms with E-state index in [0.717, 1.165) is 19.3 Å². The standard InChI is InChI=1S/C22H40O5S/c1-4-5-6-10-13-16-28-17-14-11-8-7-9-12-15-19(21(23)24)20(22(25)26)18(2)27-3/h12,15,18-20H,4-11,13-14,16-17H2,1-3H3,(H,23,24)(H,25,26)/t18?,19-,20+/m0/s1. The lowest BCUT2D eigenvalue weighted by Crippen LogP contribution is -2.37. The average molecular weight is 417 g/mol. The number of rotatable bonds is 19. The van der Waals surface area contributed by atoms with E-state index in [1.54, 1.807) is 6.92 Å². The topological polar surface area (TPSA) is 83.8 Å². The summed E-state index contributed by atoms with van der Waals surface area (Å²) in [5.74, 6) is -1.93. The summed E-state index contributed by atoms with van der Waals surface area (Å²) in [6.45, 7) is 3.83. The molecule has 1 unspecified atom stereocenters. The van der Waals surface area contributed by atoms with Crippen molar-refractivity contribution in [3.63, 3.8) is 0 Å². The highest BCUT2D eigenvalue weighted by Crippen LogP contribution is 2.21. The fraction of sp³-hybridized carbons (Fsp3) is 0.818. The molecule has 0 rings (SSSR count). The van der Waals surface area contributed by atoms with Crippen LogP contribution in [0.15, 0.2) is 12.2 Å². The van der Waals surface area contributed by atoms with E-state index in [1.807, 2.05) is 6.08 Å². The Bertz CT molecular complexity index is 439. The molecule has 0 bridgehead atoms. The Hall–Kier alpha value is -1.01. The predicted molar refractivity (Wildman–Crippen MR) is 117 cm³/mol. The summed E-state index contributed by atoms with van der Waals surface area (Å²) in [5.41, 5.74) is 0. The highest BCUT2D eigenvalue weighted by atomic mass is 32.2. The Balaban J connectivity index is 3.91. The summed E-state index contributed by atoms with van der Waals surface area (Å²) in [6, 6.07) is 0. The monoisotopic (exact) mass is 416 g/mol. The molecule has 0 aliphatic rings. The predicted octanol–water partition coefficient (Wildman–Crippen LogP) is 5.63. The van der Waals surface area contributed by atoms with Crippen molar-refractivity contribution in [3.8, 4) is 0 Å². The van der Waals surface area contributed by atoms with Gasteiger partial charge in [-0.25, -0.2) is 0 Å². The third-order valence-electron chi connectivity index (χ3n) is 4.98. The molecule has 0 aromatic heterocycles. The van der Waals surface area contributed by atoms with E-state index in [-0.39, 0.29) is 0 Å². The van der Waals surface area contributed by atoms with E-state index in [0.29, 0.717) is 0 Å². The van der Waals surface area contributed by atoms with E-state index < -0.39 is 29.9 Å². The first-order valence-electron chi connectivity index (χ1n) is 10.7. The van der Waals surface area contributed by atoms with Crippen LogP contribution >= 0.6 is 11.8 Å². The molecule has 0 fully saturated rings. The van der Waals surface area contributed by atoms with Crippen LogP contribution in [-0.2, 0) is 14.3 Å². The van der Waals surface area contributed by atoms with Gasteiger partial charge in [-0.05, 0) is 44.1 Å². The molecule has 0 aromatic rings. The zero-order chi connectivity index (χ0) is 21.2. The van der Waals surface area contributed by atoms with Crippen molar-refractivity contribution in [2.24, 2.45) is 11.8 Å². The van der Waals surface area contributed by atoms with Gasteiger partial charge in [-0.15, -0.1) is 0 Å². The van der Waals surface area contributed by atoms with Crippen LogP contribution in [0.2, 0.25) is 0 Å². The third-order valence-corrected chi connectivity index (χ3v) is 6.13. The third kappa shape index (κ3) is 13.2. The fourth-order valence-corrected chi connectivity index (χ4v) is 4.14. The summed E-state index contributed by atoms with van der Waals surface area (Å²) in [6.07, 6.45) is 14.7. The molecule has 0 aliphatic heterocycles. The average Bonchev–Trinajstić information content (AvgIpc) is 2.66. The number of methoxy groups -OCH3 is 1. The number of allylic oxidation sites excluding steroid dienone is 1. The van der Waals surface area contributed by atoms with Crippen LogP contribution in [0.5, 0.6) is 0 Å². The molecule has 0 heterocycles. The maximum atomic E-state index is 11.5. The SMILES string of the molecule is CCCCCCCSCCCCCCC=C[C@H](C(=O)O)[C@H](C(=O)O)C(C)OC. The minimum Gasteiger partial charge on any atom is -0.481 e. The smallest absolute Gasteiger partial charge is 0.311 e. The van der Waals surface area contributed by atoms with Crippen molar-refractivity contribution < 1.29 is 24.5 Å². The second-order valence-electron chi connectivity index (χ2n) is 7.33. The fourth-order valence-electron chi connectivity index (χ4n) is 3.12. The lowest BCUT2D eigenvalue weighted by Gasteiger charge is -2.22. The second kappa shape index (κ2) is 18.0. The molecule has 0 saturated carbocycles. The van der Waals surface area contributed by atoms with Gasteiger partial charge in [0.05, 0.1) is 17.9 Å². The largest absolute Gasteiger partial charge is 0.481 e. The van der Waals surface area contributed by atoms with Crippen LogP contribution in [0, 0.1) is 11.8 Å². The summed E-state index contributed by atoms with van der Waals surface area (Å²) in [7, 11) is 1.40. The van der Waals surface area contributed by atoms with E-state index in [4.69, 9.17) is 4.74 Å². The summed E-state index contributed by atoms with van der Waals surface area (Å²) < 4.78 is 5.05. The van der Waals surface area contributed by atoms with Crippen molar-refractivity contribution in [2.45, 2.75) is 84.2 Å². The van der Waals surface area contributed by atoms with Crippen molar-refractivity contribution in [1.29, 1.82) is 0 Å². The van der Waals surface area contributed by atoms with Crippen LogP contribution in [0.3, 0.4) is 0 Å². The number of ether oxygens (including phenoxy) is 1. The van der Waals surface area contributed by atoms with E-state index >= 15 is 0 Å². The van der Waals surface area contributed by atoms with Gasteiger partial charge in [0.2, 0.25) is 0 Å². The lowest BCUT2D eigenvalue weighted by molar-refractivity contribution is -0.156. The number of carboxylic acid groups (broad SMARTS) is 2. The Kier molecular flexibility index (Phi) is 17.4. The number of hydrogen-bond donors (Lipinski definition) is 2. The van der Waals surface area contributed by atoms with Gasteiger partial charge < -0.3 is 14.9 Å². The Labute approximate surface area is 175 Å². The molecule has 0 spiro atoms. The molecule has 0 radical (unpaired) electrons. The highest BCUT2D eigenvalue weighted by molar-refractivity contribution is 7.99. The van der Waals surface area contributed by atoms with Crippen molar-refractivity contribution >= 4 is 23.7 Å². The number of carbonyl (C=O) groups is 2. The zero-order valence-corrected chi connectivity index (χ0v) is 18.7. The molecule has 5 nitrogen and oxygen atoms in total. The molecule has 164 valence electrons. The molecule has 0 aromatic carbocycles. The molecular weight excluding hydrogens is 376 g/mol. The van der Waals surface area contributed by atoms with Gasteiger partial charge in [0.1, 0.15) is 0 Å². The van der Waals surface area contributed by atoms with E-state index in [2.05, 4.69) is 18.7 Å². The molecule has 0 saturated heterocycles. The van der Waals surface area contributed by atoms with Crippen LogP contribution in [0.25, 0.3) is 0 Å². The Morgan fingerprint density at radius 2 is 1.50 bits per heavy atom. The van der Waals surface area contributed by atoms with Crippen LogP contribution in [-0.4, -0.2) is 46.9 Å². The maximum Gasteiger partial charge on any atom is 0.311 e. The highest BCUT2D eigenvalue weighted by Gasteiger charge is 2.36. The van der Waals surface area contributed by atoms with Gasteiger partial charge in [0.25, 0.3) is 0 Å². The van der Waals surface area contributed by atoms with Gasteiger partial charge in [-0.3, -0.25) is 9.59 Å². The zero-order valence-electron chi connectivity index (χ0n) is 17.9. The molecule has 28 heavy (non-hydrogen) atoms.